The van der Waals surface area contributed by atoms with Crippen LogP contribution in [0, 0.1) is 13.8 Å². The van der Waals surface area contributed by atoms with Crippen molar-refractivity contribution in [2.24, 2.45) is 7.05 Å². The summed E-state index contributed by atoms with van der Waals surface area (Å²) in [5.41, 5.74) is 2.08. The zero-order chi connectivity index (χ0) is 12.0. The highest BCUT2D eigenvalue weighted by Crippen LogP contribution is 2.21. The van der Waals surface area contributed by atoms with Crippen molar-refractivity contribution in [3.63, 3.8) is 0 Å². The fraction of sp³-hybridized carbons (Fsp3) is 0.750. The third-order valence-electron chi connectivity index (χ3n) is 2.69. The molecule has 16 heavy (non-hydrogen) atoms. The van der Waals surface area contributed by atoms with Crippen molar-refractivity contribution < 1.29 is 4.74 Å². The van der Waals surface area contributed by atoms with Crippen LogP contribution in [0.3, 0.4) is 0 Å². The first-order valence-electron chi connectivity index (χ1n) is 6.00. The quantitative estimate of drug-likeness (QED) is 0.719. The molecule has 1 aromatic rings. The Hall–Kier alpha value is -1.03. The molecule has 0 fully saturated rings. The summed E-state index contributed by atoms with van der Waals surface area (Å²) in [6.07, 6.45) is 2.24. The van der Waals surface area contributed by atoms with Crippen LogP contribution in [-0.4, -0.2) is 29.5 Å². The molecule has 0 unspecified atom stereocenters. The van der Waals surface area contributed by atoms with Gasteiger partial charge < -0.3 is 10.1 Å². The van der Waals surface area contributed by atoms with Gasteiger partial charge in [-0.15, -0.1) is 0 Å². The fourth-order valence-corrected chi connectivity index (χ4v) is 1.67. The third kappa shape index (κ3) is 3.52. The Labute approximate surface area is 98.0 Å². The highest BCUT2D eigenvalue weighted by molar-refractivity contribution is 5.31. The molecule has 0 bridgehead atoms. The molecule has 4 heteroatoms. The van der Waals surface area contributed by atoms with E-state index in [1.807, 2.05) is 25.6 Å². The van der Waals surface area contributed by atoms with Crippen molar-refractivity contribution >= 4 is 0 Å². The van der Waals surface area contributed by atoms with Gasteiger partial charge in [0.1, 0.15) is 5.69 Å². The molecule has 1 rings (SSSR count). The summed E-state index contributed by atoms with van der Waals surface area (Å²) < 4.78 is 7.62. The topological polar surface area (TPSA) is 39.1 Å². The van der Waals surface area contributed by atoms with Crippen LogP contribution in [0.15, 0.2) is 0 Å². The Balaban J connectivity index is 2.26. The second kappa shape index (κ2) is 6.53. The Morgan fingerprint density at radius 1 is 1.31 bits per heavy atom. The summed E-state index contributed by atoms with van der Waals surface area (Å²) in [5, 5.41) is 7.62. The number of aryl methyl sites for hydroxylation is 2. The van der Waals surface area contributed by atoms with Crippen LogP contribution in [0.4, 0.5) is 0 Å². The number of nitrogens with zero attached hydrogens (tertiary/aromatic N) is 2. The summed E-state index contributed by atoms with van der Waals surface area (Å²) in [6.45, 7) is 9.04. The van der Waals surface area contributed by atoms with Crippen molar-refractivity contribution in [3.8, 4) is 5.75 Å². The van der Waals surface area contributed by atoms with E-state index in [0.29, 0.717) is 0 Å². The van der Waals surface area contributed by atoms with Crippen LogP contribution in [0.25, 0.3) is 0 Å². The average molecular weight is 225 g/mol. The van der Waals surface area contributed by atoms with Crippen molar-refractivity contribution in [1.29, 1.82) is 0 Å². The van der Waals surface area contributed by atoms with Gasteiger partial charge in [0.2, 0.25) is 0 Å². The van der Waals surface area contributed by atoms with E-state index in [-0.39, 0.29) is 0 Å². The molecule has 0 saturated carbocycles. The SMILES string of the molecule is CCNCCCCOc1c(C)nn(C)c1C. The maximum Gasteiger partial charge on any atom is 0.162 e. The second-order valence-electron chi connectivity index (χ2n) is 4.03. The Kier molecular flexibility index (Phi) is 5.32. The first-order chi connectivity index (χ1) is 7.66. The monoisotopic (exact) mass is 225 g/mol. The van der Waals surface area contributed by atoms with E-state index in [1.54, 1.807) is 0 Å². The van der Waals surface area contributed by atoms with Crippen LogP contribution in [0.1, 0.15) is 31.2 Å². The lowest BCUT2D eigenvalue weighted by Crippen LogP contribution is -2.14. The van der Waals surface area contributed by atoms with Gasteiger partial charge in [-0.2, -0.15) is 5.10 Å². The summed E-state index contributed by atoms with van der Waals surface area (Å²) in [5.74, 6) is 0.950. The molecule has 0 spiro atoms. The van der Waals surface area contributed by atoms with Crippen molar-refractivity contribution in [2.75, 3.05) is 19.7 Å². The van der Waals surface area contributed by atoms with E-state index in [9.17, 15) is 0 Å². The molecule has 0 saturated heterocycles. The first kappa shape index (κ1) is 13.0. The molecular formula is C12H23N3O. The maximum absolute atomic E-state index is 5.76. The smallest absolute Gasteiger partial charge is 0.162 e. The molecule has 0 atom stereocenters. The lowest BCUT2D eigenvalue weighted by atomic mass is 10.3. The van der Waals surface area contributed by atoms with Gasteiger partial charge in [-0.1, -0.05) is 6.92 Å². The number of rotatable bonds is 7. The lowest BCUT2D eigenvalue weighted by Gasteiger charge is -2.06. The van der Waals surface area contributed by atoms with Gasteiger partial charge >= 0.3 is 0 Å². The highest BCUT2D eigenvalue weighted by atomic mass is 16.5. The molecule has 1 N–H and O–H groups in total. The highest BCUT2D eigenvalue weighted by Gasteiger charge is 2.09. The molecular weight excluding hydrogens is 202 g/mol. The van der Waals surface area contributed by atoms with Gasteiger partial charge in [0.05, 0.1) is 12.3 Å². The average Bonchev–Trinajstić information content (AvgIpc) is 2.49. The minimum absolute atomic E-state index is 0.777. The van der Waals surface area contributed by atoms with E-state index >= 15 is 0 Å². The number of hydrogen-bond acceptors (Lipinski definition) is 3. The Morgan fingerprint density at radius 2 is 2.06 bits per heavy atom. The maximum atomic E-state index is 5.76. The summed E-state index contributed by atoms with van der Waals surface area (Å²) in [6, 6.07) is 0. The number of hydrogen-bond donors (Lipinski definition) is 1. The van der Waals surface area contributed by atoms with E-state index in [0.717, 1.165) is 49.7 Å². The molecule has 0 amide bonds. The van der Waals surface area contributed by atoms with Crippen molar-refractivity contribution in [3.05, 3.63) is 11.4 Å². The van der Waals surface area contributed by atoms with Crippen LogP contribution < -0.4 is 10.1 Å². The normalized spacial score (nSPS) is 10.8. The Bertz CT molecular complexity index is 320. The Morgan fingerprint density at radius 3 is 2.62 bits per heavy atom. The largest absolute Gasteiger partial charge is 0.490 e. The predicted molar refractivity (Wildman–Crippen MR) is 66.0 cm³/mol. The molecule has 4 nitrogen and oxygen atoms in total. The molecule has 0 aliphatic rings. The fourth-order valence-electron chi connectivity index (χ4n) is 1.67. The zero-order valence-electron chi connectivity index (χ0n) is 10.8. The summed E-state index contributed by atoms with van der Waals surface area (Å²) in [7, 11) is 1.94. The predicted octanol–water partition coefficient (Wildman–Crippen LogP) is 1.81. The molecule has 0 radical (unpaired) electrons. The van der Waals surface area contributed by atoms with Gasteiger partial charge in [-0.05, 0) is 39.8 Å². The van der Waals surface area contributed by atoms with Gasteiger partial charge in [-0.3, -0.25) is 4.68 Å². The van der Waals surface area contributed by atoms with Crippen LogP contribution >= 0.6 is 0 Å². The van der Waals surface area contributed by atoms with Crippen LogP contribution in [0.2, 0.25) is 0 Å². The van der Waals surface area contributed by atoms with E-state index < -0.39 is 0 Å². The third-order valence-corrected chi connectivity index (χ3v) is 2.69. The molecule has 1 heterocycles. The molecule has 0 aliphatic heterocycles. The van der Waals surface area contributed by atoms with Gasteiger partial charge in [0, 0.05) is 7.05 Å². The minimum atomic E-state index is 0.777. The standard InChI is InChI=1S/C12H23N3O/c1-5-13-8-6-7-9-16-12-10(2)14-15(4)11(12)3/h13H,5-9H2,1-4H3. The lowest BCUT2D eigenvalue weighted by molar-refractivity contribution is 0.302. The van der Waals surface area contributed by atoms with Gasteiger partial charge in [0.15, 0.2) is 5.75 Å². The van der Waals surface area contributed by atoms with Crippen LogP contribution in [0.5, 0.6) is 5.75 Å². The number of nitrogens with one attached hydrogen (secondary N) is 1. The zero-order valence-corrected chi connectivity index (χ0v) is 10.8. The molecule has 92 valence electrons. The van der Waals surface area contributed by atoms with E-state index in [1.165, 1.54) is 0 Å². The van der Waals surface area contributed by atoms with E-state index in [2.05, 4.69) is 17.3 Å². The summed E-state index contributed by atoms with van der Waals surface area (Å²) in [4.78, 5) is 0. The molecule has 1 aromatic heterocycles. The first-order valence-corrected chi connectivity index (χ1v) is 6.00. The second-order valence-corrected chi connectivity index (χ2v) is 4.03. The number of aromatic nitrogens is 2. The molecule has 0 aliphatic carbocycles. The van der Waals surface area contributed by atoms with Gasteiger partial charge in [-0.25, -0.2) is 0 Å². The van der Waals surface area contributed by atoms with Crippen molar-refractivity contribution in [2.45, 2.75) is 33.6 Å². The molecule has 0 aromatic carbocycles. The number of unbranched alkanes of at least 4 members (excludes halogenated alkanes) is 1. The van der Waals surface area contributed by atoms with E-state index in [4.69, 9.17) is 4.74 Å². The number of ether oxygens (including phenoxy) is 1. The minimum Gasteiger partial charge on any atom is -0.490 e. The van der Waals surface area contributed by atoms with Crippen molar-refractivity contribution in [1.82, 2.24) is 15.1 Å². The van der Waals surface area contributed by atoms with Gasteiger partial charge in [0.25, 0.3) is 0 Å². The van der Waals surface area contributed by atoms with Crippen LogP contribution in [-0.2, 0) is 7.05 Å². The summed E-state index contributed by atoms with van der Waals surface area (Å²) >= 11 is 0.